The van der Waals surface area contributed by atoms with E-state index in [1.165, 1.54) is 24.1 Å². The van der Waals surface area contributed by atoms with Crippen LogP contribution in [-0.4, -0.2) is 19.3 Å². The molecule has 1 aromatic carbocycles. The lowest BCUT2D eigenvalue weighted by Crippen LogP contribution is -2.42. The van der Waals surface area contributed by atoms with Crippen molar-refractivity contribution in [2.45, 2.75) is 31.8 Å². The molecule has 1 atom stereocenters. The molecule has 2 heterocycles. The summed E-state index contributed by atoms with van der Waals surface area (Å²) in [6, 6.07) is 8.59. The zero-order chi connectivity index (χ0) is 10.8. The molecule has 2 aliphatic heterocycles. The fraction of sp³-hybridized carbons (Fsp3) is 0.538. The second kappa shape index (κ2) is 4.44. The number of benzene rings is 1. The van der Waals surface area contributed by atoms with E-state index >= 15 is 0 Å². The number of anilines is 1. The first-order chi connectivity index (χ1) is 7.95. The van der Waals surface area contributed by atoms with Crippen molar-refractivity contribution in [3.63, 3.8) is 0 Å². The predicted octanol–water partition coefficient (Wildman–Crippen LogP) is 2.08. The lowest BCUT2D eigenvalue weighted by atomic mass is 10.1. The molecular formula is C13H18N2O. The van der Waals surface area contributed by atoms with E-state index in [1.54, 1.807) is 0 Å². The average Bonchev–Trinajstić information content (AvgIpc) is 2.76. The lowest BCUT2D eigenvalue weighted by molar-refractivity contribution is 0.0851. The first-order valence-electron chi connectivity index (χ1n) is 6.18. The zero-order valence-corrected chi connectivity index (χ0v) is 9.48. The third kappa shape index (κ3) is 1.81. The molecule has 0 radical (unpaired) electrons. The van der Waals surface area contributed by atoms with E-state index in [2.05, 4.69) is 34.6 Å². The number of nitrogens with zero attached hydrogens (tertiary/aromatic N) is 1. The number of fused-ring (bicyclic) bond motifs is 1. The molecule has 0 aromatic heterocycles. The van der Waals surface area contributed by atoms with Gasteiger partial charge in [-0.15, -0.1) is 0 Å². The third-order valence-corrected chi connectivity index (χ3v) is 3.37. The number of rotatable bonds is 1. The molecule has 0 saturated carbocycles. The molecule has 86 valence electrons. The van der Waals surface area contributed by atoms with Crippen LogP contribution in [0.15, 0.2) is 24.3 Å². The first kappa shape index (κ1) is 10.1. The molecule has 0 unspecified atom stereocenters. The molecule has 0 spiro atoms. The van der Waals surface area contributed by atoms with Gasteiger partial charge in [-0.2, -0.15) is 0 Å². The minimum atomic E-state index is 0.360. The fourth-order valence-corrected chi connectivity index (χ4v) is 2.56. The van der Waals surface area contributed by atoms with Crippen LogP contribution in [0.5, 0.6) is 0 Å². The van der Waals surface area contributed by atoms with Crippen LogP contribution in [-0.2, 0) is 11.3 Å². The second-order valence-electron chi connectivity index (χ2n) is 4.50. The molecule has 0 amide bonds. The minimum Gasteiger partial charge on any atom is -0.295 e. The summed E-state index contributed by atoms with van der Waals surface area (Å²) in [5.41, 5.74) is 2.66. The van der Waals surface area contributed by atoms with Crippen molar-refractivity contribution in [2.24, 2.45) is 0 Å². The highest BCUT2D eigenvalue weighted by molar-refractivity contribution is 5.53. The normalized spacial score (nSPS) is 25.2. The van der Waals surface area contributed by atoms with Gasteiger partial charge in [-0.3, -0.25) is 10.2 Å². The molecule has 1 N–H and O–H groups in total. The van der Waals surface area contributed by atoms with Crippen LogP contribution < -0.4 is 10.4 Å². The SMILES string of the molecule is c1ccc2c(c1)CCCON2[C@H]1CCCN1. The standard InChI is InChI=1S/C13H18N2O/c1-2-7-12-11(5-1)6-4-10-16-15(12)13-8-3-9-14-13/h1-2,5,7,13-14H,3-4,6,8-10H2/t13-/m0/s1. The first-order valence-corrected chi connectivity index (χ1v) is 6.18. The number of hydrogen-bond acceptors (Lipinski definition) is 3. The van der Waals surface area contributed by atoms with Gasteiger partial charge in [0.15, 0.2) is 0 Å². The van der Waals surface area contributed by atoms with Crippen LogP contribution in [0.4, 0.5) is 5.69 Å². The molecule has 3 nitrogen and oxygen atoms in total. The molecule has 3 heteroatoms. The molecule has 16 heavy (non-hydrogen) atoms. The van der Waals surface area contributed by atoms with Gasteiger partial charge in [-0.25, -0.2) is 5.06 Å². The van der Waals surface area contributed by atoms with Gasteiger partial charge in [-0.05, 0) is 43.9 Å². The lowest BCUT2D eigenvalue weighted by Gasteiger charge is -2.29. The molecule has 2 aliphatic rings. The largest absolute Gasteiger partial charge is 0.295 e. The maximum absolute atomic E-state index is 5.88. The Morgan fingerprint density at radius 3 is 3.06 bits per heavy atom. The quantitative estimate of drug-likeness (QED) is 0.781. The Kier molecular flexibility index (Phi) is 2.80. The highest BCUT2D eigenvalue weighted by atomic mass is 16.7. The molecule has 3 rings (SSSR count). The third-order valence-electron chi connectivity index (χ3n) is 3.37. The Morgan fingerprint density at radius 1 is 1.25 bits per heavy atom. The minimum absolute atomic E-state index is 0.360. The summed E-state index contributed by atoms with van der Waals surface area (Å²) in [4.78, 5) is 5.88. The number of hydroxylamine groups is 1. The van der Waals surface area contributed by atoms with E-state index in [4.69, 9.17) is 4.84 Å². The van der Waals surface area contributed by atoms with E-state index in [9.17, 15) is 0 Å². The number of nitrogens with one attached hydrogen (secondary N) is 1. The van der Waals surface area contributed by atoms with E-state index in [0.29, 0.717) is 6.17 Å². The van der Waals surface area contributed by atoms with Gasteiger partial charge < -0.3 is 0 Å². The summed E-state index contributed by atoms with van der Waals surface area (Å²) in [7, 11) is 0. The summed E-state index contributed by atoms with van der Waals surface area (Å²) >= 11 is 0. The van der Waals surface area contributed by atoms with E-state index < -0.39 is 0 Å². The van der Waals surface area contributed by atoms with Gasteiger partial charge in [0.1, 0.15) is 6.17 Å². The summed E-state index contributed by atoms with van der Waals surface area (Å²) in [5, 5.41) is 5.59. The van der Waals surface area contributed by atoms with Gasteiger partial charge in [0, 0.05) is 0 Å². The van der Waals surface area contributed by atoms with Crippen molar-refractivity contribution < 1.29 is 4.84 Å². The molecule has 0 aliphatic carbocycles. The molecular weight excluding hydrogens is 200 g/mol. The van der Waals surface area contributed by atoms with Crippen molar-refractivity contribution in [3.05, 3.63) is 29.8 Å². The van der Waals surface area contributed by atoms with Gasteiger partial charge >= 0.3 is 0 Å². The van der Waals surface area contributed by atoms with Gasteiger partial charge in [0.05, 0.1) is 12.3 Å². The Labute approximate surface area is 96.4 Å². The summed E-state index contributed by atoms with van der Waals surface area (Å²) in [6.07, 6.45) is 5.01. The van der Waals surface area contributed by atoms with E-state index in [0.717, 1.165) is 26.0 Å². The van der Waals surface area contributed by atoms with E-state index in [-0.39, 0.29) is 0 Å². The number of hydrogen-bond donors (Lipinski definition) is 1. The fourth-order valence-electron chi connectivity index (χ4n) is 2.56. The highest BCUT2D eigenvalue weighted by Crippen LogP contribution is 2.28. The van der Waals surface area contributed by atoms with Crippen LogP contribution in [0.25, 0.3) is 0 Å². The smallest absolute Gasteiger partial charge is 0.106 e. The van der Waals surface area contributed by atoms with Crippen LogP contribution in [0.2, 0.25) is 0 Å². The van der Waals surface area contributed by atoms with Gasteiger partial charge in [-0.1, -0.05) is 18.2 Å². The Bertz CT molecular complexity index is 361. The zero-order valence-electron chi connectivity index (χ0n) is 9.48. The van der Waals surface area contributed by atoms with Crippen LogP contribution >= 0.6 is 0 Å². The Morgan fingerprint density at radius 2 is 2.19 bits per heavy atom. The predicted molar refractivity (Wildman–Crippen MR) is 64.2 cm³/mol. The van der Waals surface area contributed by atoms with Crippen LogP contribution in [0, 0.1) is 0 Å². The Balaban J connectivity index is 1.92. The second-order valence-corrected chi connectivity index (χ2v) is 4.50. The van der Waals surface area contributed by atoms with Crippen molar-refractivity contribution in [3.8, 4) is 0 Å². The Hall–Kier alpha value is -1.06. The average molecular weight is 218 g/mol. The topological polar surface area (TPSA) is 24.5 Å². The molecule has 1 fully saturated rings. The summed E-state index contributed by atoms with van der Waals surface area (Å²) in [5.74, 6) is 0. The molecule has 1 aromatic rings. The van der Waals surface area contributed by atoms with Gasteiger partial charge in [0.2, 0.25) is 0 Å². The van der Waals surface area contributed by atoms with Crippen molar-refractivity contribution in [1.82, 2.24) is 5.32 Å². The summed E-state index contributed by atoms with van der Waals surface area (Å²) < 4.78 is 0. The van der Waals surface area contributed by atoms with Crippen molar-refractivity contribution in [2.75, 3.05) is 18.2 Å². The number of para-hydroxylation sites is 1. The monoisotopic (exact) mass is 218 g/mol. The molecule has 0 bridgehead atoms. The van der Waals surface area contributed by atoms with Crippen molar-refractivity contribution >= 4 is 5.69 Å². The van der Waals surface area contributed by atoms with Crippen molar-refractivity contribution in [1.29, 1.82) is 0 Å². The maximum atomic E-state index is 5.88. The summed E-state index contributed by atoms with van der Waals surface area (Å²) in [6.45, 7) is 1.93. The maximum Gasteiger partial charge on any atom is 0.106 e. The number of aryl methyl sites for hydroxylation is 1. The van der Waals surface area contributed by atoms with Gasteiger partial charge in [0.25, 0.3) is 0 Å². The van der Waals surface area contributed by atoms with Crippen LogP contribution in [0.3, 0.4) is 0 Å². The highest BCUT2D eigenvalue weighted by Gasteiger charge is 2.26. The van der Waals surface area contributed by atoms with E-state index in [1.807, 2.05) is 0 Å². The van der Waals surface area contributed by atoms with Crippen LogP contribution in [0.1, 0.15) is 24.8 Å². The molecule has 1 saturated heterocycles.